The number of aromatic nitrogens is 1. The molecule has 0 aliphatic heterocycles. The van der Waals surface area contributed by atoms with E-state index in [-0.39, 0.29) is 17.7 Å². The highest BCUT2D eigenvalue weighted by atomic mass is 19.3. The maximum Gasteiger partial charge on any atom is 0.374 e. The van der Waals surface area contributed by atoms with Gasteiger partial charge in [0.25, 0.3) is 6.43 Å². The van der Waals surface area contributed by atoms with Crippen molar-refractivity contribution >= 4 is 5.97 Å². The first-order chi connectivity index (χ1) is 7.34. The van der Waals surface area contributed by atoms with Crippen molar-refractivity contribution < 1.29 is 23.1 Å². The number of carboxylic acid groups (broad SMARTS) is 1. The number of carboxylic acids is 1. The van der Waals surface area contributed by atoms with E-state index in [4.69, 9.17) is 9.52 Å². The lowest BCUT2D eigenvalue weighted by Gasteiger charge is -2.10. The third-order valence-corrected chi connectivity index (χ3v) is 2.46. The number of alkyl halides is 2. The Morgan fingerprint density at radius 1 is 1.38 bits per heavy atom. The van der Waals surface area contributed by atoms with E-state index in [1.165, 1.54) is 0 Å². The van der Waals surface area contributed by atoms with Crippen LogP contribution < -0.4 is 0 Å². The quantitative estimate of drug-likeness (QED) is 0.867. The van der Waals surface area contributed by atoms with E-state index in [9.17, 15) is 13.6 Å². The molecule has 0 aliphatic rings. The second kappa shape index (κ2) is 4.59. The average molecular weight is 233 g/mol. The van der Waals surface area contributed by atoms with Crippen LogP contribution in [-0.4, -0.2) is 16.1 Å². The van der Waals surface area contributed by atoms with E-state index in [1.54, 1.807) is 6.92 Å². The Labute approximate surface area is 91.3 Å². The van der Waals surface area contributed by atoms with E-state index < -0.39 is 23.8 Å². The van der Waals surface area contributed by atoms with Gasteiger partial charge in [0.15, 0.2) is 11.6 Å². The van der Waals surface area contributed by atoms with Crippen molar-refractivity contribution in [3.63, 3.8) is 0 Å². The zero-order valence-electron chi connectivity index (χ0n) is 9.20. The number of carbonyl (C=O) groups is 1. The molecule has 0 aromatic carbocycles. The molecule has 1 N–H and O–H groups in total. The molecule has 90 valence electrons. The molecule has 6 heteroatoms. The first-order valence-electron chi connectivity index (χ1n) is 4.86. The molecule has 0 spiro atoms. The van der Waals surface area contributed by atoms with Crippen LogP contribution in [0.15, 0.2) is 4.42 Å². The fourth-order valence-corrected chi connectivity index (χ4v) is 1.13. The fraction of sp³-hybridized carbons (Fsp3) is 0.600. The van der Waals surface area contributed by atoms with Crippen LogP contribution in [0, 0.1) is 5.92 Å². The van der Waals surface area contributed by atoms with E-state index >= 15 is 0 Å². The number of hydrogen-bond acceptors (Lipinski definition) is 3. The van der Waals surface area contributed by atoms with Crippen LogP contribution in [0.2, 0.25) is 0 Å². The molecule has 1 aromatic rings. The van der Waals surface area contributed by atoms with Crippen molar-refractivity contribution in [3.05, 3.63) is 17.3 Å². The second-order valence-electron chi connectivity index (χ2n) is 3.91. The summed E-state index contributed by atoms with van der Waals surface area (Å²) in [6.45, 7) is 5.49. The lowest BCUT2D eigenvalue weighted by atomic mass is 9.98. The molecule has 16 heavy (non-hydrogen) atoms. The number of hydrogen-bond donors (Lipinski definition) is 1. The van der Waals surface area contributed by atoms with Gasteiger partial charge in [-0.05, 0) is 5.92 Å². The van der Waals surface area contributed by atoms with Crippen molar-refractivity contribution in [2.24, 2.45) is 5.92 Å². The van der Waals surface area contributed by atoms with Crippen LogP contribution in [0.4, 0.5) is 8.78 Å². The van der Waals surface area contributed by atoms with Crippen molar-refractivity contribution in [3.8, 4) is 0 Å². The van der Waals surface area contributed by atoms with E-state index in [2.05, 4.69) is 4.98 Å². The lowest BCUT2D eigenvalue weighted by molar-refractivity contribution is 0.0643. The SMILES string of the molecule is CC(C)C(C)c1nc(C(F)F)c(C(=O)O)o1. The predicted molar refractivity (Wildman–Crippen MR) is 51.7 cm³/mol. The molecule has 0 amide bonds. The smallest absolute Gasteiger partial charge is 0.374 e. The van der Waals surface area contributed by atoms with Gasteiger partial charge in [0.05, 0.1) is 0 Å². The highest BCUT2D eigenvalue weighted by molar-refractivity contribution is 5.85. The summed E-state index contributed by atoms with van der Waals surface area (Å²) in [6.07, 6.45) is -2.94. The number of halogens is 2. The fourth-order valence-electron chi connectivity index (χ4n) is 1.13. The summed E-state index contributed by atoms with van der Waals surface area (Å²) in [7, 11) is 0. The third-order valence-electron chi connectivity index (χ3n) is 2.46. The van der Waals surface area contributed by atoms with Gasteiger partial charge in [-0.1, -0.05) is 20.8 Å². The summed E-state index contributed by atoms with van der Waals surface area (Å²) in [6, 6.07) is 0. The lowest BCUT2D eigenvalue weighted by Crippen LogP contribution is -2.02. The molecule has 0 fully saturated rings. The van der Waals surface area contributed by atoms with Crippen LogP contribution in [0.25, 0.3) is 0 Å². The maximum atomic E-state index is 12.5. The van der Waals surface area contributed by atoms with Gasteiger partial charge >= 0.3 is 5.97 Å². The summed E-state index contributed by atoms with van der Waals surface area (Å²) in [4.78, 5) is 14.2. The Hall–Kier alpha value is -1.46. The van der Waals surface area contributed by atoms with Crippen molar-refractivity contribution in [1.29, 1.82) is 0 Å². The van der Waals surface area contributed by atoms with Gasteiger partial charge in [0, 0.05) is 5.92 Å². The topological polar surface area (TPSA) is 63.3 Å². The first-order valence-corrected chi connectivity index (χ1v) is 4.86. The zero-order chi connectivity index (χ0) is 12.5. The van der Waals surface area contributed by atoms with Crippen molar-refractivity contribution in [1.82, 2.24) is 4.98 Å². The standard InChI is InChI=1S/C10H13F2NO3/c1-4(2)5(3)9-13-6(8(11)12)7(16-9)10(14)15/h4-5,8H,1-3H3,(H,14,15). The van der Waals surface area contributed by atoms with Crippen LogP contribution >= 0.6 is 0 Å². The molecule has 1 heterocycles. The summed E-state index contributed by atoms with van der Waals surface area (Å²) in [5.41, 5.74) is -0.796. The Kier molecular flexibility index (Phi) is 3.62. The molecule has 0 saturated heterocycles. The number of nitrogens with zero attached hydrogens (tertiary/aromatic N) is 1. The minimum absolute atomic E-state index is 0.0442. The molecule has 0 aliphatic carbocycles. The summed E-state index contributed by atoms with van der Waals surface area (Å²) in [5, 5.41) is 8.68. The molecule has 0 radical (unpaired) electrons. The van der Waals surface area contributed by atoms with E-state index in [1.807, 2.05) is 13.8 Å². The van der Waals surface area contributed by atoms with E-state index in [0.717, 1.165) is 0 Å². The van der Waals surface area contributed by atoms with Gasteiger partial charge in [-0.15, -0.1) is 0 Å². The highest BCUT2D eigenvalue weighted by Crippen LogP contribution is 2.29. The monoisotopic (exact) mass is 233 g/mol. The van der Waals surface area contributed by atoms with Crippen LogP contribution in [0.3, 0.4) is 0 Å². The van der Waals surface area contributed by atoms with Crippen molar-refractivity contribution in [2.75, 3.05) is 0 Å². The Balaban J connectivity index is 3.16. The Bertz CT molecular complexity index is 387. The minimum atomic E-state index is -2.94. The van der Waals surface area contributed by atoms with Crippen LogP contribution in [0.5, 0.6) is 0 Å². The van der Waals surface area contributed by atoms with Gasteiger partial charge in [0.1, 0.15) is 0 Å². The molecule has 1 aromatic heterocycles. The number of rotatable bonds is 4. The Morgan fingerprint density at radius 2 is 1.94 bits per heavy atom. The molecule has 1 rings (SSSR count). The summed E-state index contributed by atoms with van der Waals surface area (Å²) in [5.74, 6) is -2.32. The molecule has 0 saturated carbocycles. The van der Waals surface area contributed by atoms with Gasteiger partial charge in [-0.2, -0.15) is 0 Å². The minimum Gasteiger partial charge on any atom is -0.475 e. The molecular formula is C10H13F2NO3. The zero-order valence-corrected chi connectivity index (χ0v) is 9.20. The van der Waals surface area contributed by atoms with Crippen LogP contribution in [-0.2, 0) is 0 Å². The first kappa shape index (κ1) is 12.6. The highest BCUT2D eigenvalue weighted by Gasteiger charge is 2.28. The van der Waals surface area contributed by atoms with Gasteiger partial charge in [-0.25, -0.2) is 18.6 Å². The van der Waals surface area contributed by atoms with Gasteiger partial charge < -0.3 is 9.52 Å². The number of aromatic carboxylic acids is 1. The van der Waals surface area contributed by atoms with E-state index in [0.29, 0.717) is 0 Å². The molecule has 1 unspecified atom stereocenters. The van der Waals surface area contributed by atoms with Gasteiger partial charge in [-0.3, -0.25) is 0 Å². The van der Waals surface area contributed by atoms with Gasteiger partial charge in [0.2, 0.25) is 5.76 Å². The van der Waals surface area contributed by atoms with Crippen molar-refractivity contribution in [2.45, 2.75) is 33.1 Å². The predicted octanol–water partition coefficient (Wildman–Crippen LogP) is 3.07. The maximum absolute atomic E-state index is 12.5. The third kappa shape index (κ3) is 2.37. The summed E-state index contributed by atoms with van der Waals surface area (Å²) < 4.78 is 29.8. The molecule has 0 bridgehead atoms. The average Bonchev–Trinajstić information content (AvgIpc) is 2.60. The normalized spacial score (nSPS) is 13.4. The molecule has 1 atom stereocenters. The second-order valence-corrected chi connectivity index (χ2v) is 3.91. The number of oxazole rings is 1. The molecular weight excluding hydrogens is 220 g/mol. The van der Waals surface area contributed by atoms with Crippen LogP contribution in [0.1, 0.15) is 55.3 Å². The largest absolute Gasteiger partial charge is 0.475 e. The summed E-state index contributed by atoms with van der Waals surface area (Å²) >= 11 is 0. The Morgan fingerprint density at radius 3 is 2.25 bits per heavy atom. The molecule has 4 nitrogen and oxygen atoms in total.